The molecule has 1 atom stereocenters. The summed E-state index contributed by atoms with van der Waals surface area (Å²) in [5.74, 6) is 0.964. The number of amides is 2. The highest BCUT2D eigenvalue weighted by Gasteiger charge is 2.55. The Labute approximate surface area is 221 Å². The minimum Gasteiger partial charge on any atom is -0.501 e. The molecule has 0 N–H and O–H groups in total. The fourth-order valence-corrected chi connectivity index (χ4v) is 6.62. The smallest absolute Gasteiger partial charge is 0.325 e. The van der Waals surface area contributed by atoms with Crippen LogP contribution in [0.4, 0.5) is 4.79 Å². The van der Waals surface area contributed by atoms with Crippen LogP contribution in [0.2, 0.25) is 0 Å². The van der Waals surface area contributed by atoms with Crippen molar-refractivity contribution in [3.63, 3.8) is 0 Å². The number of rotatable bonds is 7. The molecule has 2 amide bonds. The molecule has 7 nitrogen and oxygen atoms in total. The van der Waals surface area contributed by atoms with Gasteiger partial charge in [0.2, 0.25) is 0 Å². The van der Waals surface area contributed by atoms with Crippen LogP contribution in [0.3, 0.4) is 0 Å². The van der Waals surface area contributed by atoms with Crippen LogP contribution in [-0.4, -0.2) is 86.5 Å². The van der Waals surface area contributed by atoms with Crippen LogP contribution >= 0.6 is 0 Å². The number of hydrogen-bond acceptors (Lipinski definition) is 5. The molecular weight excluding hydrogens is 466 g/mol. The molecular formula is C30H41N3O4. The molecule has 1 unspecified atom stereocenters. The van der Waals surface area contributed by atoms with Gasteiger partial charge in [-0.15, -0.1) is 0 Å². The molecule has 0 aromatic heterocycles. The zero-order valence-electron chi connectivity index (χ0n) is 23.0. The first-order valence-electron chi connectivity index (χ1n) is 13.4. The molecule has 2 fully saturated rings. The molecule has 1 aromatic rings. The van der Waals surface area contributed by atoms with E-state index in [9.17, 15) is 4.79 Å². The summed E-state index contributed by atoms with van der Waals surface area (Å²) in [7, 11) is 5.18. The van der Waals surface area contributed by atoms with E-state index in [1.165, 1.54) is 22.4 Å². The number of allylic oxidation sites excluding steroid dienone is 1. The number of urea groups is 1. The van der Waals surface area contributed by atoms with Crippen molar-refractivity contribution in [2.45, 2.75) is 56.7 Å². The standard InChI is InChI=1S/C30H41N3O4/c1-29(2)19-27-30(10-12-31(13-11-30)20-22-16-24(36-4)18-25(17-22)37-5)33(14-15-35-3)28(34)32(27)21-23-8-6-7-9-26(23)29/h6-9,16-17,19,24H,10-15,18,20-21H2,1-5H3. The molecule has 7 heteroatoms. The van der Waals surface area contributed by atoms with Gasteiger partial charge in [-0.3, -0.25) is 9.80 Å². The molecule has 0 bridgehead atoms. The number of benzene rings is 1. The summed E-state index contributed by atoms with van der Waals surface area (Å²) in [6, 6.07) is 8.67. The second kappa shape index (κ2) is 10.3. The summed E-state index contributed by atoms with van der Waals surface area (Å²) in [6.07, 6.45) is 9.37. The van der Waals surface area contributed by atoms with Crippen molar-refractivity contribution >= 4 is 6.03 Å². The average molecular weight is 508 g/mol. The molecule has 0 saturated carbocycles. The minimum absolute atomic E-state index is 0.0524. The predicted octanol–water partition coefficient (Wildman–Crippen LogP) is 4.46. The van der Waals surface area contributed by atoms with Crippen molar-refractivity contribution in [1.29, 1.82) is 0 Å². The molecule has 3 heterocycles. The van der Waals surface area contributed by atoms with Gasteiger partial charge >= 0.3 is 6.03 Å². The Kier molecular flexibility index (Phi) is 7.22. The highest BCUT2D eigenvalue weighted by atomic mass is 16.5. The van der Waals surface area contributed by atoms with Crippen molar-refractivity contribution in [3.05, 3.63) is 70.6 Å². The first-order chi connectivity index (χ1) is 17.8. The summed E-state index contributed by atoms with van der Waals surface area (Å²) in [6.45, 7) is 8.99. The van der Waals surface area contributed by atoms with Gasteiger partial charge in [-0.2, -0.15) is 0 Å². The van der Waals surface area contributed by atoms with Crippen LogP contribution in [0, 0.1) is 0 Å². The van der Waals surface area contributed by atoms with Crippen LogP contribution in [0.1, 0.15) is 44.2 Å². The fraction of sp³-hybridized carbons (Fsp3) is 0.567. The van der Waals surface area contributed by atoms with Gasteiger partial charge in [-0.25, -0.2) is 4.79 Å². The predicted molar refractivity (Wildman–Crippen MR) is 144 cm³/mol. The lowest BCUT2D eigenvalue weighted by atomic mass is 9.77. The summed E-state index contributed by atoms with van der Waals surface area (Å²) >= 11 is 0. The summed E-state index contributed by atoms with van der Waals surface area (Å²) in [5.41, 5.74) is 4.47. The lowest BCUT2D eigenvalue weighted by molar-refractivity contribution is 0.0716. The maximum atomic E-state index is 13.9. The number of ether oxygens (including phenoxy) is 3. The van der Waals surface area contributed by atoms with Gasteiger partial charge in [-0.05, 0) is 35.6 Å². The van der Waals surface area contributed by atoms with Gasteiger partial charge < -0.3 is 19.1 Å². The Morgan fingerprint density at radius 3 is 2.54 bits per heavy atom. The molecule has 1 aliphatic carbocycles. The number of methoxy groups -OCH3 is 3. The molecule has 3 aliphatic heterocycles. The molecule has 37 heavy (non-hydrogen) atoms. The van der Waals surface area contributed by atoms with E-state index in [1.54, 1.807) is 21.3 Å². The van der Waals surface area contributed by atoms with E-state index in [2.05, 4.69) is 66.1 Å². The first kappa shape index (κ1) is 26.0. The van der Waals surface area contributed by atoms with E-state index in [1.807, 2.05) is 4.90 Å². The zero-order chi connectivity index (χ0) is 26.2. The molecule has 2 saturated heterocycles. The second-order valence-corrected chi connectivity index (χ2v) is 11.3. The Morgan fingerprint density at radius 2 is 1.84 bits per heavy atom. The Balaban J connectivity index is 1.43. The summed E-state index contributed by atoms with van der Waals surface area (Å²) in [5, 5.41) is 0. The average Bonchev–Trinajstić information content (AvgIpc) is 3.01. The zero-order valence-corrected chi connectivity index (χ0v) is 23.0. The number of nitrogens with zero attached hydrogens (tertiary/aromatic N) is 3. The van der Waals surface area contributed by atoms with Crippen molar-refractivity contribution in [2.75, 3.05) is 54.1 Å². The molecule has 5 rings (SSSR count). The highest BCUT2D eigenvalue weighted by molar-refractivity contribution is 5.83. The van der Waals surface area contributed by atoms with Crippen LogP contribution in [0.5, 0.6) is 0 Å². The van der Waals surface area contributed by atoms with E-state index in [4.69, 9.17) is 14.2 Å². The van der Waals surface area contributed by atoms with Gasteiger partial charge in [0.15, 0.2) is 0 Å². The maximum Gasteiger partial charge on any atom is 0.325 e. The Morgan fingerprint density at radius 1 is 1.08 bits per heavy atom. The second-order valence-electron chi connectivity index (χ2n) is 11.3. The normalized spacial score (nSPS) is 24.7. The van der Waals surface area contributed by atoms with E-state index < -0.39 is 0 Å². The molecule has 1 spiro atoms. The lowest BCUT2D eigenvalue weighted by Crippen LogP contribution is -2.54. The number of carbonyl (C=O) groups is 1. The third-order valence-electron chi connectivity index (χ3n) is 8.61. The van der Waals surface area contributed by atoms with Gasteiger partial charge in [0.25, 0.3) is 0 Å². The first-order valence-corrected chi connectivity index (χ1v) is 13.4. The largest absolute Gasteiger partial charge is 0.501 e. The number of likely N-dealkylation sites (tertiary alicyclic amines) is 1. The van der Waals surface area contributed by atoms with Gasteiger partial charge in [0, 0.05) is 57.9 Å². The number of fused-ring (bicyclic) bond motifs is 3. The van der Waals surface area contributed by atoms with Crippen LogP contribution in [0.25, 0.3) is 0 Å². The minimum atomic E-state index is -0.311. The third-order valence-corrected chi connectivity index (χ3v) is 8.61. The van der Waals surface area contributed by atoms with Crippen LogP contribution < -0.4 is 0 Å². The molecule has 0 radical (unpaired) electrons. The quantitative estimate of drug-likeness (QED) is 0.546. The van der Waals surface area contributed by atoms with E-state index >= 15 is 0 Å². The van der Waals surface area contributed by atoms with E-state index in [0.29, 0.717) is 19.7 Å². The van der Waals surface area contributed by atoms with Crippen molar-refractivity contribution in [1.82, 2.24) is 14.7 Å². The summed E-state index contributed by atoms with van der Waals surface area (Å²) < 4.78 is 16.6. The van der Waals surface area contributed by atoms with Crippen LogP contribution in [-0.2, 0) is 26.2 Å². The summed E-state index contributed by atoms with van der Waals surface area (Å²) in [4.78, 5) is 20.6. The highest BCUT2D eigenvalue weighted by Crippen LogP contribution is 2.48. The lowest BCUT2D eigenvalue weighted by Gasteiger charge is -2.45. The maximum absolute atomic E-state index is 13.9. The van der Waals surface area contributed by atoms with Gasteiger partial charge in [-0.1, -0.05) is 50.3 Å². The Bertz CT molecular complexity index is 1110. The molecule has 4 aliphatic rings. The van der Waals surface area contributed by atoms with E-state index in [-0.39, 0.29) is 23.1 Å². The monoisotopic (exact) mass is 507 g/mol. The molecule has 1 aromatic carbocycles. The van der Waals surface area contributed by atoms with Gasteiger partial charge in [0.05, 0.1) is 37.7 Å². The van der Waals surface area contributed by atoms with E-state index in [0.717, 1.165) is 44.7 Å². The van der Waals surface area contributed by atoms with Crippen molar-refractivity contribution < 1.29 is 19.0 Å². The Hall–Kier alpha value is -2.61. The SMILES string of the molecule is COCCN1C(=O)N2Cc3ccccc3C(C)(C)C=C2C12CCN(CC1=CC(OC)CC(OC)=C1)CC2. The number of piperidine rings is 1. The third kappa shape index (κ3) is 4.73. The molecule has 200 valence electrons. The van der Waals surface area contributed by atoms with Crippen LogP contribution in [0.15, 0.2) is 59.5 Å². The topological polar surface area (TPSA) is 54.5 Å². The number of hydrogen-bond donors (Lipinski definition) is 0. The fourth-order valence-electron chi connectivity index (χ4n) is 6.62. The number of carbonyl (C=O) groups excluding carboxylic acids is 1. The van der Waals surface area contributed by atoms with Crippen molar-refractivity contribution in [2.24, 2.45) is 0 Å². The van der Waals surface area contributed by atoms with Gasteiger partial charge in [0.1, 0.15) is 0 Å². The van der Waals surface area contributed by atoms with Crippen molar-refractivity contribution in [3.8, 4) is 0 Å².